The molecule has 0 fully saturated rings. The van der Waals surface area contributed by atoms with E-state index in [1.807, 2.05) is 0 Å². The molecule has 9 heteroatoms. The molecule has 3 heterocycles. The van der Waals surface area contributed by atoms with Gasteiger partial charge in [0.05, 0.1) is 24.7 Å². The topological polar surface area (TPSA) is 89.0 Å². The van der Waals surface area contributed by atoms with Crippen LogP contribution in [0.15, 0.2) is 58.6 Å². The standard InChI is InChI=1S/C20H16N2O5S2/c1-26-11-5-6-13(27-2)12(10-11)16-15(17(23)14-4-3-8-28-14)18(24)19(25)22(16)20-21-7-9-29-20/h3-10,16,24H,1-2H3. The first-order valence-electron chi connectivity index (χ1n) is 8.53. The van der Waals surface area contributed by atoms with Crippen LogP contribution >= 0.6 is 22.7 Å². The van der Waals surface area contributed by atoms with E-state index < -0.39 is 23.5 Å². The number of hydrogen-bond acceptors (Lipinski definition) is 8. The summed E-state index contributed by atoms with van der Waals surface area (Å²) < 4.78 is 10.8. The van der Waals surface area contributed by atoms with Crippen LogP contribution in [0.3, 0.4) is 0 Å². The number of thiazole rings is 1. The first kappa shape index (κ1) is 19.2. The number of carbonyl (C=O) groups is 2. The molecule has 0 saturated heterocycles. The number of aliphatic hydroxyl groups excluding tert-OH is 1. The molecule has 1 aromatic carbocycles. The summed E-state index contributed by atoms with van der Waals surface area (Å²) in [4.78, 5) is 32.2. The van der Waals surface area contributed by atoms with Crippen LogP contribution < -0.4 is 14.4 Å². The van der Waals surface area contributed by atoms with Gasteiger partial charge in [0.1, 0.15) is 17.5 Å². The van der Waals surface area contributed by atoms with Crippen molar-refractivity contribution in [2.24, 2.45) is 0 Å². The number of anilines is 1. The lowest BCUT2D eigenvalue weighted by atomic mass is 9.94. The summed E-state index contributed by atoms with van der Waals surface area (Å²) in [7, 11) is 3.02. The molecule has 0 bridgehead atoms. The fourth-order valence-corrected chi connectivity index (χ4v) is 4.60. The molecule has 4 rings (SSSR count). The molecule has 3 aromatic rings. The van der Waals surface area contributed by atoms with E-state index in [9.17, 15) is 14.7 Å². The minimum Gasteiger partial charge on any atom is -0.503 e. The third kappa shape index (κ3) is 3.18. The Bertz CT molecular complexity index is 1090. The van der Waals surface area contributed by atoms with E-state index in [-0.39, 0.29) is 5.57 Å². The monoisotopic (exact) mass is 428 g/mol. The van der Waals surface area contributed by atoms with Crippen LogP contribution in [-0.2, 0) is 4.79 Å². The quantitative estimate of drug-likeness (QED) is 0.597. The number of ketones is 1. The SMILES string of the molecule is COc1ccc(OC)c(C2C(C(=O)c3cccs3)=C(O)C(=O)N2c2nccs2)c1. The van der Waals surface area contributed by atoms with Gasteiger partial charge in [-0.1, -0.05) is 6.07 Å². The lowest BCUT2D eigenvalue weighted by Crippen LogP contribution is -2.31. The summed E-state index contributed by atoms with van der Waals surface area (Å²) in [5.74, 6) is -0.707. The number of carbonyl (C=O) groups excluding carboxylic acids is 2. The van der Waals surface area contributed by atoms with Gasteiger partial charge in [-0.15, -0.1) is 22.7 Å². The molecule has 1 amide bonds. The number of rotatable bonds is 6. The summed E-state index contributed by atoms with van der Waals surface area (Å²) in [5.41, 5.74) is 0.499. The number of amides is 1. The van der Waals surface area contributed by atoms with Crippen LogP contribution in [-0.4, -0.2) is 36.0 Å². The summed E-state index contributed by atoms with van der Waals surface area (Å²) in [6.07, 6.45) is 1.56. The van der Waals surface area contributed by atoms with Crippen molar-refractivity contribution in [3.63, 3.8) is 0 Å². The van der Waals surface area contributed by atoms with Crippen LogP contribution in [0, 0.1) is 0 Å². The lowest BCUT2D eigenvalue weighted by Gasteiger charge is -2.26. The first-order valence-corrected chi connectivity index (χ1v) is 10.3. The van der Waals surface area contributed by atoms with Gasteiger partial charge in [-0.05, 0) is 29.6 Å². The van der Waals surface area contributed by atoms with Gasteiger partial charge in [-0.2, -0.15) is 0 Å². The Morgan fingerprint density at radius 3 is 2.62 bits per heavy atom. The third-order valence-electron chi connectivity index (χ3n) is 4.55. The molecule has 1 atom stereocenters. The molecule has 29 heavy (non-hydrogen) atoms. The second-order valence-electron chi connectivity index (χ2n) is 6.07. The highest BCUT2D eigenvalue weighted by atomic mass is 32.1. The summed E-state index contributed by atoms with van der Waals surface area (Å²) in [6.45, 7) is 0. The zero-order valence-electron chi connectivity index (χ0n) is 15.5. The minimum absolute atomic E-state index is 0.0146. The molecule has 0 saturated carbocycles. The van der Waals surface area contributed by atoms with E-state index in [2.05, 4.69) is 4.98 Å². The maximum absolute atomic E-state index is 13.2. The van der Waals surface area contributed by atoms with Gasteiger partial charge in [0.25, 0.3) is 5.91 Å². The number of aromatic nitrogens is 1. The molecule has 1 N–H and O–H groups in total. The number of benzene rings is 1. The number of methoxy groups -OCH3 is 2. The molecule has 0 radical (unpaired) electrons. The largest absolute Gasteiger partial charge is 0.503 e. The fraction of sp³-hybridized carbons (Fsp3) is 0.150. The number of hydrogen-bond donors (Lipinski definition) is 1. The Morgan fingerprint density at radius 1 is 1.17 bits per heavy atom. The van der Waals surface area contributed by atoms with Crippen LogP contribution in [0.2, 0.25) is 0 Å². The molecule has 0 aliphatic carbocycles. The minimum atomic E-state index is -0.909. The van der Waals surface area contributed by atoms with Gasteiger partial charge in [0.15, 0.2) is 10.9 Å². The number of ether oxygens (including phenoxy) is 2. The summed E-state index contributed by atoms with van der Waals surface area (Å²) in [5, 5.41) is 14.5. The van der Waals surface area contributed by atoms with Crippen molar-refractivity contribution in [3.05, 3.63) is 69.1 Å². The average Bonchev–Trinajstić information content (AvgIpc) is 3.49. The maximum Gasteiger partial charge on any atom is 0.296 e. The Hall–Kier alpha value is -3.17. The predicted octanol–water partition coefficient (Wildman–Crippen LogP) is 4.00. The number of thiophene rings is 1. The number of nitrogens with zero attached hydrogens (tertiary/aromatic N) is 2. The van der Waals surface area contributed by atoms with E-state index in [4.69, 9.17) is 9.47 Å². The van der Waals surface area contributed by atoms with E-state index in [1.54, 1.807) is 47.3 Å². The van der Waals surface area contributed by atoms with Crippen molar-refractivity contribution in [1.29, 1.82) is 0 Å². The summed E-state index contributed by atoms with van der Waals surface area (Å²) >= 11 is 2.48. The van der Waals surface area contributed by atoms with E-state index in [0.29, 0.717) is 27.1 Å². The Kier molecular flexibility index (Phi) is 5.08. The predicted molar refractivity (Wildman–Crippen MR) is 110 cm³/mol. The zero-order chi connectivity index (χ0) is 20.5. The molecular formula is C20H16N2O5S2. The number of Topliss-reactive ketones (excluding diaryl/α,β-unsaturated/α-hetero) is 1. The van der Waals surface area contributed by atoms with Crippen LogP contribution in [0.4, 0.5) is 5.13 Å². The van der Waals surface area contributed by atoms with Gasteiger partial charge in [-0.3, -0.25) is 14.5 Å². The van der Waals surface area contributed by atoms with Crippen LogP contribution in [0.5, 0.6) is 11.5 Å². The Balaban J connectivity index is 1.94. The second kappa shape index (κ2) is 7.69. The smallest absolute Gasteiger partial charge is 0.296 e. The summed E-state index contributed by atoms with van der Waals surface area (Å²) in [6, 6.07) is 7.60. The molecule has 1 unspecified atom stereocenters. The molecule has 1 aliphatic rings. The molecule has 7 nitrogen and oxygen atoms in total. The highest BCUT2D eigenvalue weighted by Crippen LogP contribution is 2.46. The van der Waals surface area contributed by atoms with Crippen molar-refractivity contribution in [2.45, 2.75) is 6.04 Å². The van der Waals surface area contributed by atoms with Crippen molar-refractivity contribution < 1.29 is 24.2 Å². The molecule has 148 valence electrons. The van der Waals surface area contributed by atoms with Crippen molar-refractivity contribution in [1.82, 2.24) is 4.98 Å². The highest BCUT2D eigenvalue weighted by molar-refractivity contribution is 7.14. The Morgan fingerprint density at radius 2 is 2.00 bits per heavy atom. The molecular weight excluding hydrogens is 412 g/mol. The molecule has 2 aromatic heterocycles. The van der Waals surface area contributed by atoms with Crippen molar-refractivity contribution >= 4 is 39.5 Å². The lowest BCUT2D eigenvalue weighted by molar-refractivity contribution is -0.117. The highest BCUT2D eigenvalue weighted by Gasteiger charge is 2.47. The third-order valence-corrected chi connectivity index (χ3v) is 6.19. The number of aliphatic hydroxyl groups is 1. The van der Waals surface area contributed by atoms with Gasteiger partial charge in [0, 0.05) is 17.1 Å². The zero-order valence-corrected chi connectivity index (χ0v) is 17.1. The molecule has 0 spiro atoms. The first-order chi connectivity index (χ1) is 14.1. The second-order valence-corrected chi connectivity index (χ2v) is 7.89. The van der Waals surface area contributed by atoms with Gasteiger partial charge in [0.2, 0.25) is 5.78 Å². The van der Waals surface area contributed by atoms with Gasteiger partial charge >= 0.3 is 0 Å². The average molecular weight is 428 g/mol. The molecule has 1 aliphatic heterocycles. The van der Waals surface area contributed by atoms with Crippen LogP contribution in [0.25, 0.3) is 0 Å². The maximum atomic E-state index is 13.2. The van der Waals surface area contributed by atoms with Gasteiger partial charge in [-0.25, -0.2) is 4.98 Å². The van der Waals surface area contributed by atoms with E-state index >= 15 is 0 Å². The van der Waals surface area contributed by atoms with E-state index in [0.717, 1.165) is 0 Å². The van der Waals surface area contributed by atoms with Gasteiger partial charge < -0.3 is 14.6 Å². The fourth-order valence-electron chi connectivity index (χ4n) is 3.26. The normalized spacial score (nSPS) is 16.4. The van der Waals surface area contributed by atoms with Crippen LogP contribution in [0.1, 0.15) is 21.3 Å². The van der Waals surface area contributed by atoms with E-state index in [1.165, 1.54) is 41.8 Å². The van der Waals surface area contributed by atoms with Crippen molar-refractivity contribution in [3.8, 4) is 11.5 Å². The van der Waals surface area contributed by atoms with Crippen molar-refractivity contribution in [2.75, 3.05) is 19.1 Å². The Labute approximate surface area is 174 Å².